The van der Waals surface area contributed by atoms with Gasteiger partial charge < -0.3 is 4.74 Å². The molecule has 0 N–H and O–H groups in total. The summed E-state index contributed by atoms with van der Waals surface area (Å²) in [7, 11) is 0. The third-order valence-electron chi connectivity index (χ3n) is 3.47. The van der Waals surface area contributed by atoms with E-state index < -0.39 is 5.97 Å². The van der Waals surface area contributed by atoms with Crippen molar-refractivity contribution in [2.24, 2.45) is 5.10 Å². The molecule has 0 unspecified atom stereocenters. The number of hydrogen-bond donors (Lipinski definition) is 0. The van der Waals surface area contributed by atoms with Crippen molar-refractivity contribution in [1.29, 1.82) is 0 Å². The second-order valence-corrected chi connectivity index (χ2v) is 5.29. The summed E-state index contributed by atoms with van der Waals surface area (Å²) in [6.07, 6.45) is 0.517. The maximum Gasteiger partial charge on any atom is 0.359 e. The van der Waals surface area contributed by atoms with Gasteiger partial charge in [0.25, 0.3) is 0 Å². The number of carbonyl (C=O) groups excluding carboxylic acids is 2. The van der Waals surface area contributed by atoms with Gasteiger partial charge in [0.15, 0.2) is 0 Å². The average molecular weight is 308 g/mol. The van der Waals surface area contributed by atoms with Crippen molar-refractivity contribution in [2.75, 3.05) is 5.01 Å². The minimum atomic E-state index is -0.527. The molecule has 5 heteroatoms. The molecule has 1 aliphatic rings. The van der Waals surface area contributed by atoms with Crippen LogP contribution >= 0.6 is 0 Å². The predicted octanol–water partition coefficient (Wildman–Crippen LogP) is 3.08. The highest BCUT2D eigenvalue weighted by atomic mass is 16.5. The number of esters is 1. The largest absolute Gasteiger partial charge is 0.422 e. The molecule has 2 aromatic carbocycles. The zero-order chi connectivity index (χ0) is 16.2. The highest BCUT2D eigenvalue weighted by Crippen LogP contribution is 2.22. The van der Waals surface area contributed by atoms with Gasteiger partial charge in [0, 0.05) is 12.8 Å². The molecular weight excluding hydrogens is 292 g/mol. The van der Waals surface area contributed by atoms with Crippen molar-refractivity contribution in [3.8, 4) is 5.75 Å². The van der Waals surface area contributed by atoms with Crippen LogP contribution in [-0.2, 0) is 9.59 Å². The van der Waals surface area contributed by atoms with Crippen molar-refractivity contribution in [3.05, 3.63) is 60.2 Å². The number of carbonyl (C=O) groups is 2. The Labute approximate surface area is 134 Å². The van der Waals surface area contributed by atoms with Crippen LogP contribution in [0.15, 0.2) is 59.7 Å². The molecule has 0 spiro atoms. The number of ether oxygens (including phenoxy) is 1. The summed E-state index contributed by atoms with van der Waals surface area (Å²) in [5.41, 5.74) is 1.92. The van der Waals surface area contributed by atoms with E-state index in [1.54, 1.807) is 30.3 Å². The van der Waals surface area contributed by atoms with E-state index in [-0.39, 0.29) is 24.5 Å². The van der Waals surface area contributed by atoms with Crippen LogP contribution in [0.2, 0.25) is 0 Å². The first-order chi connectivity index (χ1) is 11.1. The van der Waals surface area contributed by atoms with Gasteiger partial charge in [0.05, 0.1) is 5.69 Å². The lowest BCUT2D eigenvalue weighted by atomic mass is 10.1. The van der Waals surface area contributed by atoms with Gasteiger partial charge in [0.2, 0.25) is 5.91 Å². The third kappa shape index (κ3) is 3.45. The second kappa shape index (κ2) is 6.44. The molecule has 0 saturated heterocycles. The predicted molar refractivity (Wildman–Crippen MR) is 87.4 cm³/mol. The first-order valence-electron chi connectivity index (χ1n) is 7.38. The summed E-state index contributed by atoms with van der Waals surface area (Å²) in [5.74, 6) is -0.201. The summed E-state index contributed by atoms with van der Waals surface area (Å²) in [6, 6.07) is 16.2. The number of anilines is 1. The van der Waals surface area contributed by atoms with Crippen molar-refractivity contribution >= 4 is 23.3 Å². The number of hydrogen-bond acceptors (Lipinski definition) is 4. The van der Waals surface area contributed by atoms with Crippen molar-refractivity contribution in [2.45, 2.75) is 19.8 Å². The van der Waals surface area contributed by atoms with Crippen LogP contribution in [0.4, 0.5) is 5.69 Å². The fourth-order valence-electron chi connectivity index (χ4n) is 2.32. The topological polar surface area (TPSA) is 59.0 Å². The van der Waals surface area contributed by atoms with Crippen LogP contribution in [-0.4, -0.2) is 17.6 Å². The lowest BCUT2D eigenvalue weighted by molar-refractivity contribution is -0.127. The maximum absolute atomic E-state index is 12.2. The zero-order valence-electron chi connectivity index (χ0n) is 12.7. The van der Waals surface area contributed by atoms with Crippen molar-refractivity contribution in [3.63, 3.8) is 0 Å². The van der Waals surface area contributed by atoms with Gasteiger partial charge >= 0.3 is 5.97 Å². The minimum absolute atomic E-state index is 0.133. The lowest BCUT2D eigenvalue weighted by Crippen LogP contribution is -2.35. The zero-order valence-corrected chi connectivity index (χ0v) is 12.7. The van der Waals surface area contributed by atoms with E-state index in [1.165, 1.54) is 5.01 Å². The SMILES string of the molecule is Cc1cccc(N2N=C(C(=O)Oc3ccccc3)CCC2=O)c1. The Morgan fingerprint density at radius 1 is 1.09 bits per heavy atom. The fraction of sp³-hybridized carbons (Fsp3) is 0.167. The number of para-hydroxylation sites is 1. The fourth-order valence-corrected chi connectivity index (χ4v) is 2.32. The quantitative estimate of drug-likeness (QED) is 0.646. The Kier molecular flexibility index (Phi) is 4.19. The number of aryl methyl sites for hydroxylation is 1. The Balaban J connectivity index is 1.83. The third-order valence-corrected chi connectivity index (χ3v) is 3.47. The van der Waals surface area contributed by atoms with Gasteiger partial charge in [-0.2, -0.15) is 5.10 Å². The molecule has 0 fully saturated rings. The van der Waals surface area contributed by atoms with Gasteiger partial charge in [-0.3, -0.25) is 4.79 Å². The summed E-state index contributed by atoms with van der Waals surface area (Å²) < 4.78 is 5.29. The number of hydrazone groups is 1. The molecule has 1 heterocycles. The molecule has 5 nitrogen and oxygen atoms in total. The van der Waals surface area contributed by atoms with Gasteiger partial charge in [-0.1, -0.05) is 30.3 Å². The van der Waals surface area contributed by atoms with Crippen molar-refractivity contribution in [1.82, 2.24) is 0 Å². The maximum atomic E-state index is 12.2. The van der Waals surface area contributed by atoms with Crippen LogP contribution < -0.4 is 9.75 Å². The van der Waals surface area contributed by atoms with Crippen LogP contribution in [0.5, 0.6) is 5.75 Å². The molecule has 0 saturated carbocycles. The molecule has 1 amide bonds. The van der Waals surface area contributed by atoms with Crippen LogP contribution in [0.3, 0.4) is 0 Å². The van der Waals surface area contributed by atoms with Gasteiger partial charge in [0.1, 0.15) is 11.5 Å². The number of rotatable bonds is 3. The monoisotopic (exact) mass is 308 g/mol. The van der Waals surface area contributed by atoms with E-state index in [0.29, 0.717) is 11.4 Å². The van der Waals surface area contributed by atoms with Crippen molar-refractivity contribution < 1.29 is 14.3 Å². The minimum Gasteiger partial charge on any atom is -0.422 e. The summed E-state index contributed by atoms with van der Waals surface area (Å²) in [4.78, 5) is 24.3. The summed E-state index contributed by atoms with van der Waals surface area (Å²) in [5, 5.41) is 5.47. The smallest absolute Gasteiger partial charge is 0.359 e. The van der Waals surface area contributed by atoms with E-state index in [1.807, 2.05) is 31.2 Å². The Hall–Kier alpha value is -2.95. The van der Waals surface area contributed by atoms with Crippen LogP contribution in [0.25, 0.3) is 0 Å². The number of nitrogens with zero attached hydrogens (tertiary/aromatic N) is 2. The first kappa shape index (κ1) is 15.0. The molecule has 3 rings (SSSR count). The van der Waals surface area contributed by atoms with E-state index in [0.717, 1.165) is 5.56 Å². The second-order valence-electron chi connectivity index (χ2n) is 5.29. The van der Waals surface area contributed by atoms with Crippen LogP contribution in [0, 0.1) is 6.92 Å². The van der Waals surface area contributed by atoms with E-state index >= 15 is 0 Å². The van der Waals surface area contributed by atoms with Gasteiger partial charge in [-0.25, -0.2) is 9.80 Å². The molecule has 23 heavy (non-hydrogen) atoms. The average Bonchev–Trinajstić information content (AvgIpc) is 2.56. The number of benzene rings is 2. The molecule has 0 aromatic heterocycles. The first-order valence-corrected chi connectivity index (χ1v) is 7.38. The summed E-state index contributed by atoms with van der Waals surface area (Å²) >= 11 is 0. The molecule has 1 aliphatic heterocycles. The molecule has 0 aliphatic carbocycles. The standard InChI is InChI=1S/C18H16N2O3/c1-13-6-5-7-14(12-13)20-17(21)11-10-16(19-20)18(22)23-15-8-3-2-4-9-15/h2-9,12H,10-11H2,1H3. The van der Waals surface area contributed by atoms with Gasteiger partial charge in [-0.05, 0) is 36.8 Å². The molecule has 0 bridgehead atoms. The molecule has 0 atom stereocenters. The molecule has 2 aromatic rings. The number of amides is 1. The lowest BCUT2D eigenvalue weighted by Gasteiger charge is -2.23. The van der Waals surface area contributed by atoms with E-state index in [2.05, 4.69) is 5.10 Å². The summed E-state index contributed by atoms with van der Waals surface area (Å²) in [6.45, 7) is 1.94. The van der Waals surface area contributed by atoms with E-state index in [4.69, 9.17) is 4.74 Å². The van der Waals surface area contributed by atoms with E-state index in [9.17, 15) is 9.59 Å². The normalized spacial score (nSPS) is 14.4. The highest BCUT2D eigenvalue weighted by molar-refractivity contribution is 6.38. The van der Waals surface area contributed by atoms with Gasteiger partial charge in [-0.15, -0.1) is 0 Å². The van der Waals surface area contributed by atoms with Crippen LogP contribution in [0.1, 0.15) is 18.4 Å². The Bertz CT molecular complexity index is 769. The Morgan fingerprint density at radius 3 is 2.61 bits per heavy atom. The molecule has 0 radical (unpaired) electrons. The molecule has 116 valence electrons. The highest BCUT2D eigenvalue weighted by Gasteiger charge is 2.26. The Morgan fingerprint density at radius 2 is 1.87 bits per heavy atom. The molecular formula is C18H16N2O3.